The molecular weight excluding hydrogens is 376 g/mol. The maximum atomic E-state index is 13.0. The van der Waals surface area contributed by atoms with Crippen molar-refractivity contribution in [3.05, 3.63) is 41.1 Å². The van der Waals surface area contributed by atoms with Crippen LogP contribution in [0.3, 0.4) is 0 Å². The predicted molar refractivity (Wildman–Crippen MR) is 117 cm³/mol. The molecule has 2 aliphatic carbocycles. The van der Waals surface area contributed by atoms with E-state index in [9.17, 15) is 4.79 Å². The van der Waals surface area contributed by atoms with Crippen LogP contribution in [0.15, 0.2) is 35.5 Å². The van der Waals surface area contributed by atoms with Crippen molar-refractivity contribution in [3.8, 4) is 17.1 Å². The van der Waals surface area contributed by atoms with Crippen molar-refractivity contribution in [1.29, 1.82) is 0 Å². The molecule has 0 atom stereocenters. The van der Waals surface area contributed by atoms with Gasteiger partial charge >= 0.3 is 6.01 Å². The molecule has 2 aromatic rings. The lowest BCUT2D eigenvalue weighted by molar-refractivity contribution is 0.0710. The van der Waals surface area contributed by atoms with Gasteiger partial charge in [0, 0.05) is 49.3 Å². The first-order chi connectivity index (χ1) is 14.8. The van der Waals surface area contributed by atoms with E-state index in [4.69, 9.17) is 4.74 Å². The average molecular weight is 409 g/mol. The molecule has 3 heterocycles. The third kappa shape index (κ3) is 4.15. The zero-order valence-electron chi connectivity index (χ0n) is 17.7. The number of hydrogen-bond donors (Lipinski definition) is 0. The smallest absolute Gasteiger partial charge is 0.316 e. The second-order valence-corrected chi connectivity index (χ2v) is 9.12. The molecule has 2 aromatic heterocycles. The Morgan fingerprint density at radius 1 is 0.867 bits per heavy atom. The Morgan fingerprint density at radius 2 is 1.50 bits per heavy atom. The molecular formula is C24H32N4O2. The highest BCUT2D eigenvalue weighted by atomic mass is 16.5. The lowest BCUT2D eigenvalue weighted by Crippen LogP contribution is -2.43. The van der Waals surface area contributed by atoms with Gasteiger partial charge in [0.2, 0.25) is 0 Å². The Morgan fingerprint density at radius 3 is 2.17 bits per heavy atom. The van der Waals surface area contributed by atoms with Crippen LogP contribution in [0, 0.1) is 0 Å². The molecule has 5 rings (SSSR count). The highest BCUT2D eigenvalue weighted by Crippen LogP contribution is 2.29. The molecule has 30 heavy (non-hydrogen) atoms. The van der Waals surface area contributed by atoms with E-state index in [0.29, 0.717) is 17.6 Å². The van der Waals surface area contributed by atoms with E-state index >= 15 is 0 Å². The molecule has 6 heteroatoms. The van der Waals surface area contributed by atoms with Gasteiger partial charge in [-0.1, -0.05) is 25.7 Å². The number of aromatic nitrogens is 3. The van der Waals surface area contributed by atoms with Crippen LogP contribution >= 0.6 is 0 Å². The maximum Gasteiger partial charge on any atom is 0.316 e. The Bertz CT molecular complexity index is 890. The molecule has 2 saturated carbocycles. The lowest BCUT2D eigenvalue weighted by atomic mass is 10.0. The Kier molecular flexibility index (Phi) is 5.84. The molecule has 6 nitrogen and oxygen atoms in total. The Balaban J connectivity index is 1.22. The summed E-state index contributed by atoms with van der Waals surface area (Å²) in [5, 5.41) is 0. The first-order valence-corrected chi connectivity index (χ1v) is 11.7. The van der Waals surface area contributed by atoms with Gasteiger partial charge in [0.05, 0.1) is 5.56 Å². The maximum absolute atomic E-state index is 13.0. The molecule has 160 valence electrons. The van der Waals surface area contributed by atoms with Gasteiger partial charge in [0.25, 0.3) is 5.56 Å². The van der Waals surface area contributed by atoms with Crippen LogP contribution < -0.4 is 10.3 Å². The van der Waals surface area contributed by atoms with Gasteiger partial charge in [-0.25, -0.2) is 9.97 Å². The number of nitrogens with zero attached hydrogens (tertiary/aromatic N) is 4. The van der Waals surface area contributed by atoms with Gasteiger partial charge in [-0.05, 0) is 50.7 Å². The number of ether oxygens (including phenoxy) is 1. The zero-order valence-corrected chi connectivity index (χ0v) is 17.7. The molecule has 0 amide bonds. The molecule has 1 aliphatic heterocycles. The highest BCUT2D eigenvalue weighted by molar-refractivity contribution is 5.60. The zero-order chi connectivity index (χ0) is 20.3. The summed E-state index contributed by atoms with van der Waals surface area (Å²) in [5.74, 6) is 0. The normalized spacial score (nSPS) is 22.0. The molecule has 1 saturated heterocycles. The van der Waals surface area contributed by atoms with E-state index in [2.05, 4.69) is 14.9 Å². The number of hydrogen-bond acceptors (Lipinski definition) is 5. The van der Waals surface area contributed by atoms with E-state index in [1.165, 1.54) is 38.5 Å². The van der Waals surface area contributed by atoms with Crippen molar-refractivity contribution in [1.82, 2.24) is 19.4 Å². The first kappa shape index (κ1) is 19.7. The van der Waals surface area contributed by atoms with Crippen LogP contribution in [-0.2, 0) is 0 Å². The van der Waals surface area contributed by atoms with Crippen LogP contribution in [-0.4, -0.2) is 44.7 Å². The topological polar surface area (TPSA) is 60.2 Å². The van der Waals surface area contributed by atoms with Gasteiger partial charge < -0.3 is 14.2 Å². The molecule has 3 fully saturated rings. The third-order valence-electron chi connectivity index (χ3n) is 7.22. The summed E-state index contributed by atoms with van der Waals surface area (Å²) in [6.07, 6.45) is 17.7. The van der Waals surface area contributed by atoms with E-state index in [1.54, 1.807) is 12.4 Å². The van der Waals surface area contributed by atoms with Crippen molar-refractivity contribution < 1.29 is 4.74 Å². The molecule has 0 bridgehead atoms. The fraction of sp³-hybridized carbons (Fsp3) is 0.625. The number of piperidine rings is 1. The van der Waals surface area contributed by atoms with Gasteiger partial charge in [-0.2, -0.15) is 0 Å². The molecule has 0 radical (unpaired) electrons. The second-order valence-electron chi connectivity index (χ2n) is 9.12. The first-order valence-electron chi connectivity index (χ1n) is 11.7. The molecule has 0 aromatic carbocycles. The minimum Gasteiger partial charge on any atom is -0.460 e. The minimum atomic E-state index is 0.0564. The molecule has 3 aliphatic rings. The monoisotopic (exact) mass is 408 g/mol. The average Bonchev–Trinajstić information content (AvgIpc) is 3.50. The van der Waals surface area contributed by atoms with Crippen molar-refractivity contribution >= 4 is 0 Å². The van der Waals surface area contributed by atoms with Gasteiger partial charge in [-0.3, -0.25) is 4.79 Å². The van der Waals surface area contributed by atoms with Gasteiger partial charge in [0.15, 0.2) is 0 Å². The van der Waals surface area contributed by atoms with Crippen molar-refractivity contribution in [2.75, 3.05) is 13.1 Å². The number of pyridine rings is 1. The van der Waals surface area contributed by atoms with E-state index in [0.717, 1.165) is 50.4 Å². The molecule has 0 spiro atoms. The summed E-state index contributed by atoms with van der Waals surface area (Å²) in [6, 6.07) is 5.37. The van der Waals surface area contributed by atoms with E-state index < -0.39 is 0 Å². The van der Waals surface area contributed by atoms with Crippen LogP contribution in [0.25, 0.3) is 11.1 Å². The SMILES string of the molecule is O=c1c(-c2cnc(OC3CCN(C4CCCC4)CC3)nc2)cccn1C1CCCC1. The largest absolute Gasteiger partial charge is 0.460 e. The summed E-state index contributed by atoms with van der Waals surface area (Å²) in [5.41, 5.74) is 1.48. The molecule has 0 unspecified atom stereocenters. The Hall–Kier alpha value is -2.21. The molecule has 0 N–H and O–H groups in total. The third-order valence-corrected chi connectivity index (χ3v) is 7.22. The summed E-state index contributed by atoms with van der Waals surface area (Å²) >= 11 is 0. The highest BCUT2D eigenvalue weighted by Gasteiger charge is 2.28. The van der Waals surface area contributed by atoms with Crippen molar-refractivity contribution in [2.24, 2.45) is 0 Å². The summed E-state index contributed by atoms with van der Waals surface area (Å²) < 4.78 is 7.95. The lowest BCUT2D eigenvalue weighted by Gasteiger charge is -2.35. The van der Waals surface area contributed by atoms with Crippen LogP contribution in [0.1, 0.15) is 70.3 Å². The predicted octanol–water partition coefficient (Wildman–Crippen LogP) is 4.21. The summed E-state index contributed by atoms with van der Waals surface area (Å²) in [6.45, 7) is 2.22. The minimum absolute atomic E-state index is 0.0564. The fourth-order valence-electron chi connectivity index (χ4n) is 5.49. The van der Waals surface area contributed by atoms with Crippen LogP contribution in [0.5, 0.6) is 6.01 Å². The second kappa shape index (κ2) is 8.88. The van der Waals surface area contributed by atoms with Crippen molar-refractivity contribution in [2.45, 2.75) is 82.4 Å². The summed E-state index contributed by atoms with van der Waals surface area (Å²) in [4.78, 5) is 24.4. The van der Waals surface area contributed by atoms with Crippen LogP contribution in [0.4, 0.5) is 0 Å². The summed E-state index contributed by atoms with van der Waals surface area (Å²) in [7, 11) is 0. The van der Waals surface area contributed by atoms with Gasteiger partial charge in [-0.15, -0.1) is 0 Å². The van der Waals surface area contributed by atoms with E-state index in [-0.39, 0.29) is 11.7 Å². The van der Waals surface area contributed by atoms with Gasteiger partial charge in [0.1, 0.15) is 6.10 Å². The quantitative estimate of drug-likeness (QED) is 0.742. The number of likely N-dealkylation sites (tertiary alicyclic amines) is 1. The Labute approximate surface area is 178 Å². The standard InChI is InChI=1S/C24H32N4O2/c29-23-22(10-5-13-28(23)20-8-3-4-9-20)18-16-25-24(26-17-18)30-21-11-14-27(15-12-21)19-6-1-2-7-19/h5,10,13,16-17,19-21H,1-4,6-9,11-12,14-15H2. The van der Waals surface area contributed by atoms with Crippen LogP contribution in [0.2, 0.25) is 0 Å². The number of rotatable bonds is 5. The fourth-order valence-corrected chi connectivity index (χ4v) is 5.49. The van der Waals surface area contributed by atoms with E-state index in [1.807, 2.05) is 22.9 Å². The van der Waals surface area contributed by atoms with Crippen molar-refractivity contribution in [3.63, 3.8) is 0 Å².